The van der Waals surface area contributed by atoms with E-state index in [-0.39, 0.29) is 5.75 Å². The number of nitrogens with zero attached hydrogens (tertiary/aromatic N) is 1. The van der Waals surface area contributed by atoms with Gasteiger partial charge in [-0.3, -0.25) is 10.1 Å². The molecule has 1 amide bonds. The Morgan fingerprint density at radius 3 is 2.33 bits per heavy atom. The standard InChI is InChI=1S/C22H28F3N3O4S/c1-20(8-4-5-9-20)14-33(31,32)12-16(19(30)28-21(13-26)10-11-21)27-18(22(23,24)25)15-6-2-3-7-17(15)29/h2-3,6-7,16,18,27,29H,4-5,8-12,14H2,1H3,(H,28,30)/t16-,18-/m0/s1. The third-order valence-corrected chi connectivity index (χ3v) is 8.36. The molecule has 0 bridgehead atoms. The number of nitriles is 1. The maximum Gasteiger partial charge on any atom is 0.408 e. The number of aromatic hydroxyl groups is 1. The predicted octanol–water partition coefficient (Wildman–Crippen LogP) is 3.12. The first-order valence-corrected chi connectivity index (χ1v) is 12.6. The van der Waals surface area contributed by atoms with Crippen LogP contribution < -0.4 is 10.6 Å². The van der Waals surface area contributed by atoms with Crippen LogP contribution >= 0.6 is 0 Å². The van der Waals surface area contributed by atoms with E-state index < -0.39 is 62.0 Å². The molecule has 0 aromatic heterocycles. The Hall–Kier alpha value is -2.32. The van der Waals surface area contributed by atoms with Crippen LogP contribution in [0.2, 0.25) is 0 Å². The molecule has 2 atom stereocenters. The van der Waals surface area contributed by atoms with E-state index in [2.05, 4.69) is 10.6 Å². The number of para-hydroxylation sites is 1. The lowest BCUT2D eigenvalue weighted by atomic mass is 9.92. The smallest absolute Gasteiger partial charge is 0.408 e. The first-order valence-electron chi connectivity index (χ1n) is 10.8. The van der Waals surface area contributed by atoms with Gasteiger partial charge in [0.2, 0.25) is 5.91 Å². The topological polar surface area (TPSA) is 119 Å². The second-order valence-electron chi connectivity index (χ2n) is 9.51. The number of carbonyl (C=O) groups is 1. The van der Waals surface area contributed by atoms with Gasteiger partial charge in [0.05, 0.1) is 17.6 Å². The molecule has 3 rings (SSSR count). The van der Waals surface area contributed by atoms with E-state index in [1.54, 1.807) is 0 Å². The highest BCUT2D eigenvalue weighted by atomic mass is 32.2. The fraction of sp³-hybridized carbons (Fsp3) is 0.636. The zero-order valence-electron chi connectivity index (χ0n) is 18.3. The Morgan fingerprint density at radius 2 is 1.82 bits per heavy atom. The Balaban J connectivity index is 1.89. The van der Waals surface area contributed by atoms with Crippen molar-refractivity contribution in [2.45, 2.75) is 69.2 Å². The fourth-order valence-electron chi connectivity index (χ4n) is 4.42. The van der Waals surface area contributed by atoms with Crippen LogP contribution in [0, 0.1) is 16.7 Å². The van der Waals surface area contributed by atoms with Gasteiger partial charge in [-0.2, -0.15) is 18.4 Å². The summed E-state index contributed by atoms with van der Waals surface area (Å²) < 4.78 is 67.8. The molecule has 2 saturated carbocycles. The van der Waals surface area contributed by atoms with Gasteiger partial charge in [0.25, 0.3) is 0 Å². The van der Waals surface area contributed by atoms with Gasteiger partial charge in [0, 0.05) is 5.56 Å². The Morgan fingerprint density at radius 1 is 1.21 bits per heavy atom. The highest BCUT2D eigenvalue weighted by molar-refractivity contribution is 7.91. The van der Waals surface area contributed by atoms with E-state index >= 15 is 0 Å². The number of halogens is 3. The van der Waals surface area contributed by atoms with Crippen LogP contribution in [0.4, 0.5) is 13.2 Å². The number of nitrogens with one attached hydrogen (secondary N) is 2. The van der Waals surface area contributed by atoms with Gasteiger partial charge in [-0.05, 0) is 37.2 Å². The number of phenolic OH excluding ortho intramolecular Hbond substituents is 1. The van der Waals surface area contributed by atoms with Crippen molar-refractivity contribution < 1.29 is 31.5 Å². The average molecular weight is 488 g/mol. The van der Waals surface area contributed by atoms with Crippen LogP contribution in [0.15, 0.2) is 24.3 Å². The molecule has 0 unspecified atom stereocenters. The number of amides is 1. The highest BCUT2D eigenvalue weighted by Crippen LogP contribution is 2.40. The summed E-state index contributed by atoms with van der Waals surface area (Å²) in [7, 11) is -3.93. The predicted molar refractivity (Wildman–Crippen MR) is 115 cm³/mol. The number of carbonyl (C=O) groups excluding carboxylic acids is 1. The van der Waals surface area contributed by atoms with Gasteiger partial charge in [0.15, 0.2) is 9.84 Å². The lowest BCUT2D eigenvalue weighted by Crippen LogP contribution is -2.54. The largest absolute Gasteiger partial charge is 0.508 e. The normalized spacial score (nSPS) is 21.1. The van der Waals surface area contributed by atoms with E-state index in [9.17, 15) is 36.8 Å². The average Bonchev–Trinajstić information content (AvgIpc) is 3.35. The van der Waals surface area contributed by atoms with Crippen molar-refractivity contribution in [1.82, 2.24) is 10.6 Å². The summed E-state index contributed by atoms with van der Waals surface area (Å²) in [5.74, 6) is -2.71. The van der Waals surface area contributed by atoms with E-state index in [1.807, 2.05) is 13.0 Å². The number of phenols is 1. The molecule has 1 aromatic carbocycles. The number of rotatable bonds is 9. The van der Waals surface area contributed by atoms with E-state index in [4.69, 9.17) is 0 Å². The maximum atomic E-state index is 13.9. The maximum absolute atomic E-state index is 13.9. The van der Waals surface area contributed by atoms with Gasteiger partial charge in [-0.1, -0.05) is 38.0 Å². The Kier molecular flexibility index (Phi) is 7.01. The summed E-state index contributed by atoms with van der Waals surface area (Å²) in [6.45, 7) is 1.83. The van der Waals surface area contributed by atoms with Crippen LogP contribution in [-0.4, -0.2) is 48.7 Å². The molecule has 3 N–H and O–H groups in total. The SMILES string of the molecule is CC1(CS(=O)(=O)C[C@H](N[C@@H](c2ccccc2O)C(F)(F)F)C(=O)NC2(C#N)CC2)CCCC1. The molecule has 7 nitrogen and oxygen atoms in total. The summed E-state index contributed by atoms with van der Waals surface area (Å²) in [6.07, 6.45) is -1.10. The van der Waals surface area contributed by atoms with Gasteiger partial charge < -0.3 is 10.4 Å². The van der Waals surface area contributed by atoms with E-state index in [0.29, 0.717) is 25.7 Å². The second kappa shape index (κ2) is 9.14. The van der Waals surface area contributed by atoms with Crippen molar-refractivity contribution in [3.63, 3.8) is 0 Å². The molecule has 0 saturated heterocycles. The minimum absolute atomic E-state index is 0.234. The number of hydrogen-bond donors (Lipinski definition) is 3. The van der Waals surface area contributed by atoms with Crippen molar-refractivity contribution in [1.29, 1.82) is 5.26 Å². The molecule has 2 aliphatic carbocycles. The van der Waals surface area contributed by atoms with E-state index in [0.717, 1.165) is 25.0 Å². The summed E-state index contributed by atoms with van der Waals surface area (Å²) in [4.78, 5) is 12.9. The van der Waals surface area contributed by atoms with Crippen molar-refractivity contribution in [3.8, 4) is 11.8 Å². The quantitative estimate of drug-likeness (QED) is 0.492. The van der Waals surface area contributed by atoms with Crippen LogP contribution in [0.3, 0.4) is 0 Å². The monoisotopic (exact) mass is 487 g/mol. The van der Waals surface area contributed by atoms with Crippen molar-refractivity contribution in [3.05, 3.63) is 29.8 Å². The zero-order chi connectivity index (χ0) is 24.5. The van der Waals surface area contributed by atoms with Crippen molar-refractivity contribution in [2.24, 2.45) is 5.41 Å². The lowest BCUT2D eigenvalue weighted by Gasteiger charge is -2.29. The molecule has 2 aliphatic rings. The Labute approximate surface area is 191 Å². The zero-order valence-corrected chi connectivity index (χ0v) is 19.1. The first-order chi connectivity index (χ1) is 15.3. The number of benzene rings is 1. The minimum Gasteiger partial charge on any atom is -0.508 e. The molecule has 0 heterocycles. The summed E-state index contributed by atoms with van der Waals surface area (Å²) in [6, 6.07) is 2.46. The number of hydrogen-bond acceptors (Lipinski definition) is 6. The van der Waals surface area contributed by atoms with Crippen LogP contribution in [0.5, 0.6) is 5.75 Å². The highest BCUT2D eigenvalue weighted by Gasteiger charge is 2.49. The van der Waals surface area contributed by atoms with E-state index in [1.165, 1.54) is 12.1 Å². The molecular formula is C22H28F3N3O4S. The molecule has 11 heteroatoms. The molecule has 0 aliphatic heterocycles. The summed E-state index contributed by atoms with van der Waals surface area (Å²) in [5.41, 5.74) is -2.18. The third kappa shape index (κ3) is 6.38. The number of alkyl halides is 3. The van der Waals surface area contributed by atoms with Crippen LogP contribution in [0.25, 0.3) is 0 Å². The second-order valence-corrected chi connectivity index (χ2v) is 11.6. The summed E-state index contributed by atoms with van der Waals surface area (Å²) >= 11 is 0. The molecule has 0 spiro atoms. The Bertz CT molecular complexity index is 1030. The van der Waals surface area contributed by atoms with Crippen molar-refractivity contribution in [2.75, 3.05) is 11.5 Å². The van der Waals surface area contributed by atoms with Crippen LogP contribution in [0.1, 0.15) is 57.1 Å². The van der Waals surface area contributed by atoms with Gasteiger partial charge >= 0.3 is 6.18 Å². The molecule has 182 valence electrons. The van der Waals surface area contributed by atoms with Crippen molar-refractivity contribution >= 4 is 15.7 Å². The fourth-order valence-corrected chi connectivity index (χ4v) is 6.65. The molecule has 2 fully saturated rings. The van der Waals surface area contributed by atoms with Gasteiger partial charge in [0.1, 0.15) is 23.4 Å². The third-order valence-electron chi connectivity index (χ3n) is 6.39. The minimum atomic E-state index is -4.93. The lowest BCUT2D eigenvalue weighted by molar-refractivity contribution is -0.160. The van der Waals surface area contributed by atoms with Crippen LogP contribution in [-0.2, 0) is 14.6 Å². The molecular weight excluding hydrogens is 459 g/mol. The molecule has 0 radical (unpaired) electrons. The van der Waals surface area contributed by atoms with Gasteiger partial charge in [-0.25, -0.2) is 8.42 Å². The first kappa shape index (κ1) is 25.3. The summed E-state index contributed by atoms with van der Waals surface area (Å²) in [5, 5.41) is 23.8. The molecule has 1 aromatic rings. The number of sulfone groups is 1. The molecule has 33 heavy (non-hydrogen) atoms. The van der Waals surface area contributed by atoms with Gasteiger partial charge in [-0.15, -0.1) is 0 Å².